The molecule has 0 saturated carbocycles. The summed E-state index contributed by atoms with van der Waals surface area (Å²) in [4.78, 5) is 18.3. The van der Waals surface area contributed by atoms with Crippen LogP contribution >= 0.6 is 7.82 Å². The third kappa shape index (κ3) is 5.05. The standard InChI is InChI=1S/C17H29O5P/c1-15(2,3)12-9-11(17(7,8)22-23(19,20)21)10-13(14(12)18)16(4,5)6/h9-10,18H,1-8H3,(H2,19,20,21). The van der Waals surface area contributed by atoms with Gasteiger partial charge in [-0.15, -0.1) is 0 Å². The summed E-state index contributed by atoms with van der Waals surface area (Å²) in [5.41, 5.74) is 0.238. The van der Waals surface area contributed by atoms with E-state index in [1.165, 1.54) is 0 Å². The lowest BCUT2D eigenvalue weighted by molar-refractivity contribution is 0.0629. The van der Waals surface area contributed by atoms with Gasteiger partial charge in [-0.3, -0.25) is 4.52 Å². The van der Waals surface area contributed by atoms with Gasteiger partial charge in [0.05, 0.1) is 5.60 Å². The Labute approximate surface area is 138 Å². The Balaban J connectivity index is 3.66. The molecular formula is C17H29O5P. The molecule has 23 heavy (non-hydrogen) atoms. The van der Waals surface area contributed by atoms with Crippen molar-refractivity contribution >= 4 is 7.82 Å². The lowest BCUT2D eigenvalue weighted by Gasteiger charge is -2.32. The highest BCUT2D eigenvalue weighted by Gasteiger charge is 2.34. The van der Waals surface area contributed by atoms with Gasteiger partial charge in [-0.25, -0.2) is 4.57 Å². The summed E-state index contributed by atoms with van der Waals surface area (Å²) in [5, 5.41) is 10.7. The van der Waals surface area contributed by atoms with E-state index in [0.717, 1.165) is 11.1 Å². The maximum Gasteiger partial charge on any atom is 0.470 e. The van der Waals surface area contributed by atoms with Crippen molar-refractivity contribution in [2.24, 2.45) is 0 Å². The van der Waals surface area contributed by atoms with E-state index in [1.807, 2.05) is 41.5 Å². The Morgan fingerprint density at radius 1 is 0.870 bits per heavy atom. The van der Waals surface area contributed by atoms with Gasteiger partial charge in [0, 0.05) is 0 Å². The van der Waals surface area contributed by atoms with Gasteiger partial charge in [0.15, 0.2) is 0 Å². The van der Waals surface area contributed by atoms with Crippen molar-refractivity contribution in [1.29, 1.82) is 0 Å². The number of phenols is 1. The van der Waals surface area contributed by atoms with Crippen LogP contribution in [0.2, 0.25) is 0 Å². The predicted molar refractivity (Wildman–Crippen MR) is 91.7 cm³/mol. The molecule has 5 nitrogen and oxygen atoms in total. The molecule has 0 spiro atoms. The molecule has 0 bridgehead atoms. The van der Waals surface area contributed by atoms with E-state index in [1.54, 1.807) is 26.0 Å². The maximum absolute atomic E-state index is 11.3. The molecule has 0 aliphatic heterocycles. The predicted octanol–water partition coefficient (Wildman–Crippen LogP) is 4.33. The molecular weight excluding hydrogens is 315 g/mol. The lowest BCUT2D eigenvalue weighted by atomic mass is 9.77. The smallest absolute Gasteiger partial charge is 0.470 e. The second kappa shape index (κ2) is 5.89. The fraction of sp³-hybridized carbons (Fsp3) is 0.647. The molecule has 0 atom stereocenters. The molecule has 0 fully saturated rings. The molecule has 0 aliphatic carbocycles. The Morgan fingerprint density at radius 3 is 1.48 bits per heavy atom. The summed E-state index contributed by atoms with van der Waals surface area (Å²) < 4.78 is 16.2. The van der Waals surface area contributed by atoms with E-state index >= 15 is 0 Å². The SMILES string of the molecule is CC(C)(C)c1cc(C(C)(C)OP(=O)(O)O)cc(C(C)(C)C)c1O. The minimum Gasteiger partial charge on any atom is -0.507 e. The van der Waals surface area contributed by atoms with Crippen molar-refractivity contribution in [1.82, 2.24) is 0 Å². The Bertz CT molecular complexity index is 594. The van der Waals surface area contributed by atoms with Gasteiger partial charge in [-0.05, 0) is 53.5 Å². The highest BCUT2D eigenvalue weighted by atomic mass is 31.2. The second-order valence-corrected chi connectivity index (χ2v) is 9.68. The number of aromatic hydroxyl groups is 1. The Kier molecular flexibility index (Phi) is 5.17. The number of benzene rings is 1. The second-order valence-electron chi connectivity index (χ2n) is 8.51. The molecule has 0 aliphatic rings. The van der Waals surface area contributed by atoms with Crippen LogP contribution in [-0.2, 0) is 25.5 Å². The summed E-state index contributed by atoms with van der Waals surface area (Å²) >= 11 is 0. The summed E-state index contributed by atoms with van der Waals surface area (Å²) in [7, 11) is -4.64. The number of phenolic OH excluding ortho intramolecular Hbond substituents is 1. The van der Waals surface area contributed by atoms with Crippen molar-refractivity contribution in [2.45, 2.75) is 71.8 Å². The molecule has 0 heterocycles. The average molecular weight is 344 g/mol. The van der Waals surface area contributed by atoms with Crippen LogP contribution in [0.25, 0.3) is 0 Å². The van der Waals surface area contributed by atoms with Gasteiger partial charge in [-0.1, -0.05) is 41.5 Å². The number of hydrogen-bond donors (Lipinski definition) is 3. The van der Waals surface area contributed by atoms with Gasteiger partial charge in [0.2, 0.25) is 0 Å². The Morgan fingerprint density at radius 2 is 1.22 bits per heavy atom. The summed E-state index contributed by atoms with van der Waals surface area (Å²) in [6.07, 6.45) is 0. The van der Waals surface area contributed by atoms with Gasteiger partial charge in [0.25, 0.3) is 0 Å². The molecule has 6 heteroatoms. The van der Waals surface area contributed by atoms with Gasteiger partial charge in [-0.2, -0.15) is 0 Å². The largest absolute Gasteiger partial charge is 0.507 e. The fourth-order valence-corrected chi connectivity index (χ4v) is 3.18. The van der Waals surface area contributed by atoms with Crippen LogP contribution in [0, 0.1) is 0 Å². The van der Waals surface area contributed by atoms with Crippen LogP contribution in [0.1, 0.15) is 72.1 Å². The number of rotatable bonds is 3. The highest BCUT2D eigenvalue weighted by Crippen LogP contribution is 2.48. The number of hydrogen-bond acceptors (Lipinski definition) is 3. The first-order chi connectivity index (χ1) is 9.95. The van der Waals surface area contributed by atoms with Crippen molar-refractivity contribution in [3.8, 4) is 5.75 Å². The zero-order chi connectivity index (χ0) is 18.4. The van der Waals surface area contributed by atoms with Gasteiger partial charge >= 0.3 is 7.82 Å². The van der Waals surface area contributed by atoms with E-state index in [2.05, 4.69) is 0 Å². The lowest BCUT2D eigenvalue weighted by Crippen LogP contribution is -2.24. The summed E-state index contributed by atoms with van der Waals surface area (Å²) in [6.45, 7) is 15.1. The highest BCUT2D eigenvalue weighted by molar-refractivity contribution is 7.46. The van der Waals surface area contributed by atoms with Crippen molar-refractivity contribution in [3.63, 3.8) is 0 Å². The zero-order valence-corrected chi connectivity index (χ0v) is 16.2. The van der Waals surface area contributed by atoms with E-state index in [0.29, 0.717) is 5.56 Å². The maximum atomic E-state index is 11.3. The fourth-order valence-electron chi connectivity index (χ4n) is 2.48. The third-order valence-corrected chi connectivity index (χ3v) is 4.46. The van der Waals surface area contributed by atoms with Crippen LogP contribution in [0.15, 0.2) is 12.1 Å². The van der Waals surface area contributed by atoms with Crippen LogP contribution in [0.3, 0.4) is 0 Å². The molecule has 1 aromatic carbocycles. The van der Waals surface area contributed by atoms with Gasteiger partial charge in [0.1, 0.15) is 5.75 Å². The number of phosphoric ester groups is 1. The van der Waals surface area contributed by atoms with Crippen LogP contribution < -0.4 is 0 Å². The molecule has 1 aromatic rings. The normalized spacial score (nSPS) is 14.2. The Hall–Kier alpha value is -0.870. The van der Waals surface area contributed by atoms with E-state index in [-0.39, 0.29) is 16.6 Å². The van der Waals surface area contributed by atoms with E-state index in [9.17, 15) is 9.67 Å². The van der Waals surface area contributed by atoms with E-state index in [4.69, 9.17) is 14.3 Å². The van der Waals surface area contributed by atoms with E-state index < -0.39 is 13.4 Å². The van der Waals surface area contributed by atoms with Crippen molar-refractivity contribution < 1.29 is 24.0 Å². The molecule has 3 N–H and O–H groups in total. The quantitative estimate of drug-likeness (QED) is 0.710. The molecule has 132 valence electrons. The van der Waals surface area contributed by atoms with Crippen LogP contribution in [-0.4, -0.2) is 14.9 Å². The number of phosphoric acid groups is 1. The molecule has 0 amide bonds. The summed E-state index contributed by atoms with van der Waals surface area (Å²) in [6, 6.07) is 3.53. The first-order valence-corrected chi connectivity index (χ1v) is 9.13. The molecule has 0 radical (unpaired) electrons. The van der Waals surface area contributed by atoms with Gasteiger partial charge < -0.3 is 14.9 Å². The van der Waals surface area contributed by atoms with Crippen molar-refractivity contribution in [3.05, 3.63) is 28.8 Å². The topological polar surface area (TPSA) is 87.0 Å². The summed E-state index contributed by atoms with van der Waals surface area (Å²) in [5.74, 6) is 0.223. The van der Waals surface area contributed by atoms with Crippen LogP contribution in [0.5, 0.6) is 5.75 Å². The zero-order valence-electron chi connectivity index (χ0n) is 15.3. The third-order valence-electron chi connectivity index (χ3n) is 3.77. The monoisotopic (exact) mass is 344 g/mol. The molecule has 0 saturated heterocycles. The molecule has 1 rings (SSSR count). The molecule has 0 unspecified atom stereocenters. The first kappa shape index (κ1) is 20.2. The minimum absolute atomic E-state index is 0.223. The molecule has 0 aromatic heterocycles. The first-order valence-electron chi connectivity index (χ1n) is 7.60. The minimum atomic E-state index is -4.64. The van der Waals surface area contributed by atoms with Crippen LogP contribution in [0.4, 0.5) is 0 Å². The average Bonchev–Trinajstić information content (AvgIpc) is 2.21. The van der Waals surface area contributed by atoms with Crippen molar-refractivity contribution in [2.75, 3.05) is 0 Å².